The Labute approximate surface area is 157 Å². The summed E-state index contributed by atoms with van der Waals surface area (Å²) < 4.78 is 0. The Morgan fingerprint density at radius 2 is 1.08 bits per heavy atom. The van der Waals surface area contributed by atoms with E-state index in [1.165, 1.54) is 96.3 Å². The average molecular weight is 355 g/mol. The van der Waals surface area contributed by atoms with Crippen LogP contribution in [0.4, 0.5) is 0 Å². The number of aliphatic hydroxyl groups excluding tert-OH is 1. The monoisotopic (exact) mass is 354 g/mol. The molecule has 0 bridgehead atoms. The molecule has 3 N–H and O–H groups in total. The van der Waals surface area contributed by atoms with E-state index in [0.29, 0.717) is 18.7 Å². The van der Waals surface area contributed by atoms with E-state index in [4.69, 9.17) is 0 Å². The molecule has 0 aromatic heterocycles. The van der Waals surface area contributed by atoms with Crippen molar-refractivity contribution in [3.05, 3.63) is 0 Å². The maximum atomic E-state index is 9.52. The van der Waals surface area contributed by atoms with Crippen molar-refractivity contribution in [3.8, 4) is 0 Å². The summed E-state index contributed by atoms with van der Waals surface area (Å²) in [6.07, 6.45) is 22.7. The second-order valence-corrected chi connectivity index (χ2v) is 8.07. The maximum Gasteiger partial charge on any atom is 0.0623 e. The fourth-order valence-corrected chi connectivity index (χ4v) is 4.00. The van der Waals surface area contributed by atoms with Gasteiger partial charge in [-0.2, -0.15) is 0 Å². The van der Waals surface area contributed by atoms with E-state index in [1.807, 2.05) is 0 Å². The van der Waals surface area contributed by atoms with Crippen LogP contribution in [0.15, 0.2) is 0 Å². The highest BCUT2D eigenvalue weighted by Crippen LogP contribution is 2.16. The largest absolute Gasteiger partial charge is 0.396 e. The predicted molar refractivity (Wildman–Crippen MR) is 110 cm³/mol. The first-order valence-electron chi connectivity index (χ1n) is 11.5. The molecule has 1 aliphatic heterocycles. The third-order valence-electron chi connectivity index (χ3n) is 5.74. The van der Waals surface area contributed by atoms with Gasteiger partial charge in [0.15, 0.2) is 0 Å². The summed E-state index contributed by atoms with van der Waals surface area (Å²) >= 11 is 0. The van der Waals surface area contributed by atoms with Crippen LogP contribution < -0.4 is 10.6 Å². The molecular formula is C22H46N2O. The Bertz CT molecular complexity index is 267. The molecule has 1 atom stereocenters. The third-order valence-corrected chi connectivity index (χ3v) is 5.74. The fraction of sp³-hybridized carbons (Fsp3) is 1.00. The van der Waals surface area contributed by atoms with Crippen LogP contribution in [0.5, 0.6) is 0 Å². The Morgan fingerprint density at radius 3 is 1.48 bits per heavy atom. The van der Waals surface area contributed by atoms with Crippen LogP contribution in [-0.2, 0) is 0 Å². The topological polar surface area (TPSA) is 44.3 Å². The van der Waals surface area contributed by atoms with Gasteiger partial charge in [-0.15, -0.1) is 0 Å². The summed E-state index contributed by atoms with van der Waals surface area (Å²) in [6.45, 7) is 4.68. The minimum Gasteiger partial charge on any atom is -0.396 e. The molecule has 1 aliphatic rings. The quantitative estimate of drug-likeness (QED) is 0.290. The normalized spacial score (nSPS) is 16.6. The van der Waals surface area contributed by atoms with Gasteiger partial charge in [0.25, 0.3) is 0 Å². The Kier molecular flexibility index (Phi) is 15.9. The highest BCUT2D eigenvalue weighted by Gasteiger charge is 2.22. The molecule has 0 aromatic rings. The molecule has 1 heterocycles. The first kappa shape index (κ1) is 22.9. The lowest BCUT2D eigenvalue weighted by atomic mass is 9.98. The van der Waals surface area contributed by atoms with Crippen LogP contribution in [0.2, 0.25) is 0 Å². The molecule has 3 nitrogen and oxygen atoms in total. The fourth-order valence-electron chi connectivity index (χ4n) is 4.00. The van der Waals surface area contributed by atoms with Gasteiger partial charge in [-0.05, 0) is 6.42 Å². The second-order valence-electron chi connectivity index (χ2n) is 8.07. The summed E-state index contributed by atoms with van der Waals surface area (Å²) in [7, 11) is 0. The van der Waals surface area contributed by atoms with Gasteiger partial charge in [0.2, 0.25) is 0 Å². The predicted octanol–water partition coefficient (Wildman–Crippen LogP) is 5.38. The third kappa shape index (κ3) is 12.8. The number of aliphatic hydroxyl groups is 1. The molecule has 150 valence electrons. The smallest absolute Gasteiger partial charge is 0.0623 e. The highest BCUT2D eigenvalue weighted by molar-refractivity contribution is 4.79. The zero-order valence-electron chi connectivity index (χ0n) is 17.0. The molecule has 1 unspecified atom stereocenters. The summed E-state index contributed by atoms with van der Waals surface area (Å²) in [4.78, 5) is 0. The molecule has 0 radical (unpaired) electrons. The maximum absolute atomic E-state index is 9.52. The van der Waals surface area contributed by atoms with E-state index in [0.717, 1.165) is 19.5 Å². The molecule has 0 saturated carbocycles. The van der Waals surface area contributed by atoms with Crippen molar-refractivity contribution in [2.45, 2.75) is 116 Å². The van der Waals surface area contributed by atoms with Gasteiger partial charge in [-0.3, -0.25) is 0 Å². The van der Waals surface area contributed by atoms with E-state index < -0.39 is 0 Å². The molecule has 0 spiro atoms. The first-order chi connectivity index (χ1) is 12.4. The summed E-state index contributed by atoms with van der Waals surface area (Å²) in [6, 6.07) is 0. The lowest BCUT2D eigenvalue weighted by Gasteiger charge is -2.21. The van der Waals surface area contributed by atoms with Crippen molar-refractivity contribution >= 4 is 0 Å². The molecule has 1 fully saturated rings. The van der Waals surface area contributed by atoms with Gasteiger partial charge in [0.05, 0.1) is 6.17 Å². The number of unbranched alkanes of at least 4 members (excludes halogenated alkanes) is 14. The van der Waals surface area contributed by atoms with Gasteiger partial charge >= 0.3 is 0 Å². The van der Waals surface area contributed by atoms with Gasteiger partial charge in [-0.1, -0.05) is 103 Å². The van der Waals surface area contributed by atoms with Gasteiger partial charge < -0.3 is 15.7 Å². The molecule has 1 rings (SSSR count). The number of hydrogen-bond acceptors (Lipinski definition) is 3. The zero-order valence-corrected chi connectivity index (χ0v) is 17.0. The van der Waals surface area contributed by atoms with Gasteiger partial charge in [0.1, 0.15) is 0 Å². The minimum atomic E-state index is 0.309. The van der Waals surface area contributed by atoms with Crippen molar-refractivity contribution < 1.29 is 5.11 Å². The average Bonchev–Trinajstić information content (AvgIpc) is 3.16. The first-order valence-corrected chi connectivity index (χ1v) is 11.5. The summed E-state index contributed by atoms with van der Waals surface area (Å²) in [5.41, 5.74) is 0. The van der Waals surface area contributed by atoms with E-state index in [9.17, 15) is 5.11 Å². The van der Waals surface area contributed by atoms with Crippen LogP contribution in [0, 0.1) is 5.92 Å². The van der Waals surface area contributed by atoms with Crippen molar-refractivity contribution in [3.63, 3.8) is 0 Å². The molecule has 25 heavy (non-hydrogen) atoms. The Morgan fingerprint density at radius 1 is 0.680 bits per heavy atom. The molecule has 0 aliphatic carbocycles. The lowest BCUT2D eigenvalue weighted by molar-refractivity contribution is 0.177. The molecule has 0 aromatic carbocycles. The van der Waals surface area contributed by atoms with Gasteiger partial charge in [-0.25, -0.2) is 0 Å². The van der Waals surface area contributed by atoms with E-state index >= 15 is 0 Å². The van der Waals surface area contributed by atoms with E-state index in [2.05, 4.69) is 17.6 Å². The van der Waals surface area contributed by atoms with Crippen LogP contribution >= 0.6 is 0 Å². The second kappa shape index (κ2) is 17.3. The molecule has 1 saturated heterocycles. The van der Waals surface area contributed by atoms with Crippen LogP contribution in [0.3, 0.4) is 0 Å². The molecular weight excluding hydrogens is 308 g/mol. The van der Waals surface area contributed by atoms with Crippen molar-refractivity contribution in [2.75, 3.05) is 19.7 Å². The van der Waals surface area contributed by atoms with Crippen LogP contribution in [0.25, 0.3) is 0 Å². The zero-order chi connectivity index (χ0) is 18.0. The van der Waals surface area contributed by atoms with Crippen molar-refractivity contribution in [1.82, 2.24) is 10.6 Å². The van der Waals surface area contributed by atoms with Crippen molar-refractivity contribution in [1.29, 1.82) is 0 Å². The Balaban J connectivity index is 1.75. The standard InChI is InChI=1S/C22H46N2O/c1-2-3-4-5-6-7-8-9-10-11-12-13-14-15-16-17-21(20-25)22-23-18-19-24-22/h21-25H,2-20H2,1H3. The summed E-state index contributed by atoms with van der Waals surface area (Å²) in [5, 5.41) is 16.4. The van der Waals surface area contributed by atoms with Crippen LogP contribution in [0.1, 0.15) is 110 Å². The molecule has 3 heteroatoms. The lowest BCUT2D eigenvalue weighted by Crippen LogP contribution is -2.40. The Hall–Kier alpha value is -0.120. The highest BCUT2D eigenvalue weighted by atomic mass is 16.3. The van der Waals surface area contributed by atoms with Crippen molar-refractivity contribution in [2.24, 2.45) is 5.92 Å². The van der Waals surface area contributed by atoms with E-state index in [-0.39, 0.29) is 0 Å². The molecule has 0 amide bonds. The van der Waals surface area contributed by atoms with E-state index in [1.54, 1.807) is 0 Å². The summed E-state index contributed by atoms with van der Waals surface area (Å²) in [5.74, 6) is 0.393. The SMILES string of the molecule is CCCCCCCCCCCCCCCCCC(CO)C1NCCN1. The number of rotatable bonds is 18. The van der Waals surface area contributed by atoms with Gasteiger partial charge in [0, 0.05) is 25.6 Å². The van der Waals surface area contributed by atoms with Crippen LogP contribution in [-0.4, -0.2) is 31.0 Å². The number of hydrogen-bond donors (Lipinski definition) is 3. The minimum absolute atomic E-state index is 0.309. The number of nitrogens with one attached hydrogen (secondary N) is 2.